The lowest BCUT2D eigenvalue weighted by Crippen LogP contribution is -2.30. The molecule has 0 aromatic carbocycles. The summed E-state index contributed by atoms with van der Waals surface area (Å²) in [6.07, 6.45) is 88.5. The maximum atomic E-state index is 12.9. The van der Waals surface area contributed by atoms with Gasteiger partial charge in [0.25, 0.3) is 0 Å². The van der Waals surface area contributed by atoms with Crippen molar-refractivity contribution < 1.29 is 28.6 Å². The number of carbonyl (C=O) groups excluding carboxylic acids is 3. The Hall–Kier alpha value is -4.71. The van der Waals surface area contributed by atoms with Crippen molar-refractivity contribution in [3.05, 3.63) is 146 Å². The molecule has 0 spiro atoms. The Bertz CT molecular complexity index is 1660. The van der Waals surface area contributed by atoms with Crippen molar-refractivity contribution in [2.75, 3.05) is 13.2 Å². The van der Waals surface area contributed by atoms with Crippen molar-refractivity contribution in [3.8, 4) is 0 Å². The highest BCUT2D eigenvalue weighted by Gasteiger charge is 2.19. The lowest BCUT2D eigenvalue weighted by molar-refractivity contribution is -0.166. The van der Waals surface area contributed by atoms with Gasteiger partial charge in [-0.3, -0.25) is 14.4 Å². The first-order chi connectivity index (χ1) is 37.0. The predicted octanol–water partition coefficient (Wildman–Crippen LogP) is 20.8. The molecule has 0 aromatic heterocycles. The van der Waals surface area contributed by atoms with E-state index in [0.717, 1.165) is 103 Å². The van der Waals surface area contributed by atoms with Crippen molar-refractivity contribution in [2.45, 2.75) is 258 Å². The number of ether oxygens (including phenoxy) is 3. The maximum absolute atomic E-state index is 12.9. The van der Waals surface area contributed by atoms with Crippen LogP contribution in [-0.4, -0.2) is 37.2 Å². The van der Waals surface area contributed by atoms with Crippen LogP contribution >= 0.6 is 0 Å². The first kappa shape index (κ1) is 70.3. The molecule has 0 bridgehead atoms. The summed E-state index contributed by atoms with van der Waals surface area (Å²) < 4.78 is 16.8. The van der Waals surface area contributed by atoms with E-state index in [2.05, 4.69) is 154 Å². The van der Waals surface area contributed by atoms with E-state index in [-0.39, 0.29) is 44.0 Å². The monoisotopic (exact) mass is 1030 g/mol. The van der Waals surface area contributed by atoms with Gasteiger partial charge in [-0.1, -0.05) is 244 Å². The van der Waals surface area contributed by atoms with Crippen molar-refractivity contribution in [3.63, 3.8) is 0 Å². The van der Waals surface area contributed by atoms with E-state index < -0.39 is 6.10 Å². The molecule has 0 aliphatic carbocycles. The van der Waals surface area contributed by atoms with Crippen molar-refractivity contribution in [2.24, 2.45) is 0 Å². The molecule has 0 amide bonds. The van der Waals surface area contributed by atoms with Crippen LogP contribution in [0.1, 0.15) is 252 Å². The fourth-order valence-corrected chi connectivity index (χ4v) is 7.78. The standard InChI is InChI=1S/C69H110O6/c1-4-7-10-13-16-19-22-25-28-31-34-37-40-43-46-49-52-55-58-61-67(70)73-64-66(75-69(72)63-60-57-54-51-48-45-42-39-36-33-30-27-24-21-18-15-12-9-6-3)65-74-68(71)62-59-56-53-50-47-44-41-38-35-32-29-26-23-20-17-14-11-8-5-2/h7,10,16-21,25-30,34,36-37,39,43,45-46,48,52,55,66H,4-6,8-9,11-15,22-24,31-33,35,38,40-42,44,47,49-51,53-54,56-65H2,1-3H3/b10-7+,19-16+,20-17+,21-18+,28-25+,29-26+,30-27+,37-34+,39-36+,46-43+,48-45+,55-52+/t66-/m0/s1. The van der Waals surface area contributed by atoms with Gasteiger partial charge >= 0.3 is 17.9 Å². The SMILES string of the molecule is CC/C=C/C/C=C/C/C=C/C/C=C/C/C=C/C/C=C/CCC(=O)OC[C@@H](COC(=O)CCCCCCCCCCC/C=C/C/C=C/CCCCC)OC(=O)CCCCC/C=C/C/C=C/C/C=C/C/C=C/CCCCC. The normalized spacial score (nSPS) is 13.2. The zero-order chi connectivity index (χ0) is 54.3. The van der Waals surface area contributed by atoms with Gasteiger partial charge in [-0.25, -0.2) is 0 Å². The Kier molecular flexibility index (Phi) is 58.0. The van der Waals surface area contributed by atoms with E-state index in [1.165, 1.54) is 96.3 Å². The van der Waals surface area contributed by atoms with Crippen molar-refractivity contribution in [1.29, 1.82) is 0 Å². The van der Waals surface area contributed by atoms with Crippen LogP contribution in [0.3, 0.4) is 0 Å². The molecule has 0 N–H and O–H groups in total. The van der Waals surface area contributed by atoms with Gasteiger partial charge in [-0.2, -0.15) is 0 Å². The molecular weight excluding hydrogens is 925 g/mol. The molecule has 0 aliphatic heterocycles. The van der Waals surface area contributed by atoms with Crippen molar-refractivity contribution in [1.82, 2.24) is 0 Å². The Labute approximate surface area is 461 Å². The number of unbranched alkanes of at least 4 members (excludes halogenated alkanes) is 18. The predicted molar refractivity (Wildman–Crippen MR) is 325 cm³/mol. The molecule has 0 radical (unpaired) electrons. The number of hydrogen-bond donors (Lipinski definition) is 0. The molecule has 0 heterocycles. The summed E-state index contributed by atoms with van der Waals surface area (Å²) in [6.45, 7) is 6.38. The molecule has 422 valence electrons. The molecule has 0 rings (SSSR count). The molecule has 6 heteroatoms. The molecule has 0 aromatic rings. The minimum atomic E-state index is -0.835. The number of rotatable bonds is 53. The van der Waals surface area contributed by atoms with E-state index in [0.29, 0.717) is 19.3 Å². The second kappa shape index (κ2) is 61.8. The third kappa shape index (κ3) is 60.0. The second-order valence-corrected chi connectivity index (χ2v) is 19.5. The molecule has 0 fully saturated rings. The molecule has 0 saturated heterocycles. The summed E-state index contributed by atoms with van der Waals surface area (Å²) in [7, 11) is 0. The summed E-state index contributed by atoms with van der Waals surface area (Å²) in [5.74, 6) is -1.05. The van der Waals surface area contributed by atoms with Crippen LogP contribution in [0.5, 0.6) is 0 Å². The quantitative estimate of drug-likeness (QED) is 0.0261. The summed E-state index contributed by atoms with van der Waals surface area (Å²) in [5.41, 5.74) is 0. The lowest BCUT2D eigenvalue weighted by Gasteiger charge is -2.18. The fourth-order valence-electron chi connectivity index (χ4n) is 7.78. The van der Waals surface area contributed by atoms with Gasteiger partial charge in [-0.15, -0.1) is 0 Å². The lowest BCUT2D eigenvalue weighted by atomic mass is 10.1. The highest BCUT2D eigenvalue weighted by atomic mass is 16.6. The smallest absolute Gasteiger partial charge is 0.306 e. The van der Waals surface area contributed by atoms with Crippen LogP contribution in [0.25, 0.3) is 0 Å². The summed E-state index contributed by atoms with van der Waals surface area (Å²) in [4.78, 5) is 38.2. The minimum absolute atomic E-state index is 0.122. The second-order valence-electron chi connectivity index (χ2n) is 19.5. The largest absolute Gasteiger partial charge is 0.462 e. The average molecular weight is 1040 g/mol. The van der Waals surface area contributed by atoms with Crippen LogP contribution < -0.4 is 0 Å². The average Bonchev–Trinajstić information content (AvgIpc) is 3.41. The third-order valence-electron chi connectivity index (χ3n) is 12.3. The van der Waals surface area contributed by atoms with E-state index in [1.807, 2.05) is 12.2 Å². The van der Waals surface area contributed by atoms with Gasteiger partial charge in [0.2, 0.25) is 0 Å². The zero-order valence-corrected chi connectivity index (χ0v) is 48.3. The van der Waals surface area contributed by atoms with Gasteiger partial charge in [0.1, 0.15) is 13.2 Å². The molecule has 0 unspecified atom stereocenters. The molecule has 75 heavy (non-hydrogen) atoms. The van der Waals surface area contributed by atoms with E-state index >= 15 is 0 Å². The van der Waals surface area contributed by atoms with Gasteiger partial charge in [0, 0.05) is 19.3 Å². The highest BCUT2D eigenvalue weighted by Crippen LogP contribution is 2.14. The van der Waals surface area contributed by atoms with Crippen LogP contribution in [-0.2, 0) is 28.6 Å². The Balaban J connectivity index is 4.59. The third-order valence-corrected chi connectivity index (χ3v) is 12.3. The minimum Gasteiger partial charge on any atom is -0.462 e. The molecule has 1 atom stereocenters. The van der Waals surface area contributed by atoms with Crippen LogP contribution in [0.15, 0.2) is 146 Å². The van der Waals surface area contributed by atoms with Gasteiger partial charge in [0.05, 0.1) is 0 Å². The topological polar surface area (TPSA) is 78.9 Å². The zero-order valence-electron chi connectivity index (χ0n) is 48.3. The van der Waals surface area contributed by atoms with Crippen LogP contribution in [0.2, 0.25) is 0 Å². The fraction of sp³-hybridized carbons (Fsp3) is 0.609. The Morgan fingerprint density at radius 1 is 0.280 bits per heavy atom. The summed E-state index contributed by atoms with van der Waals surface area (Å²) >= 11 is 0. The maximum Gasteiger partial charge on any atom is 0.306 e. The Morgan fingerprint density at radius 2 is 0.547 bits per heavy atom. The summed E-state index contributed by atoms with van der Waals surface area (Å²) in [5, 5.41) is 0. The molecule has 0 saturated carbocycles. The van der Waals surface area contributed by atoms with Gasteiger partial charge in [-0.05, 0) is 135 Å². The highest BCUT2D eigenvalue weighted by molar-refractivity contribution is 5.71. The van der Waals surface area contributed by atoms with E-state index in [1.54, 1.807) is 0 Å². The van der Waals surface area contributed by atoms with Crippen LogP contribution in [0, 0.1) is 0 Å². The number of allylic oxidation sites excluding steroid dienone is 24. The van der Waals surface area contributed by atoms with Gasteiger partial charge in [0.15, 0.2) is 6.10 Å². The van der Waals surface area contributed by atoms with E-state index in [9.17, 15) is 14.4 Å². The molecule has 6 nitrogen and oxygen atoms in total. The Morgan fingerprint density at radius 3 is 0.907 bits per heavy atom. The van der Waals surface area contributed by atoms with Gasteiger partial charge < -0.3 is 14.2 Å². The van der Waals surface area contributed by atoms with Crippen molar-refractivity contribution >= 4 is 17.9 Å². The van der Waals surface area contributed by atoms with Crippen LogP contribution in [0.4, 0.5) is 0 Å². The number of esters is 3. The first-order valence-electron chi connectivity index (χ1n) is 30.3. The first-order valence-corrected chi connectivity index (χ1v) is 30.3. The summed E-state index contributed by atoms with van der Waals surface area (Å²) in [6, 6.07) is 0. The molecule has 0 aliphatic rings. The number of carbonyl (C=O) groups is 3. The number of hydrogen-bond acceptors (Lipinski definition) is 6. The van der Waals surface area contributed by atoms with E-state index in [4.69, 9.17) is 14.2 Å². The molecular formula is C69H110O6.